The van der Waals surface area contributed by atoms with Crippen molar-refractivity contribution in [2.45, 2.75) is 13.2 Å². The first-order valence-corrected chi connectivity index (χ1v) is 6.77. The molecule has 110 valence electrons. The third-order valence-electron chi connectivity index (χ3n) is 3.27. The monoisotopic (exact) mass is 287 g/mol. The van der Waals surface area contributed by atoms with E-state index in [9.17, 15) is 0 Å². The largest absolute Gasteiger partial charge is 0.486 e. The Kier molecular flexibility index (Phi) is 3.87. The van der Waals surface area contributed by atoms with Gasteiger partial charge in [-0.15, -0.1) is 0 Å². The molecule has 1 aliphatic heterocycles. The summed E-state index contributed by atoms with van der Waals surface area (Å²) < 4.78 is 11.1. The third kappa shape index (κ3) is 3.05. The Bertz CT molecular complexity index is 616. The highest BCUT2D eigenvalue weighted by Gasteiger charge is 2.13. The summed E-state index contributed by atoms with van der Waals surface area (Å²) in [6.07, 6.45) is 3.24. The van der Waals surface area contributed by atoms with Crippen LogP contribution in [0.15, 0.2) is 30.6 Å². The van der Waals surface area contributed by atoms with Gasteiger partial charge in [0.05, 0.1) is 24.7 Å². The van der Waals surface area contributed by atoms with Gasteiger partial charge in [0.15, 0.2) is 11.5 Å². The van der Waals surface area contributed by atoms with E-state index in [1.807, 2.05) is 30.1 Å². The molecule has 2 heterocycles. The zero-order valence-corrected chi connectivity index (χ0v) is 11.8. The van der Waals surface area contributed by atoms with Crippen molar-refractivity contribution in [1.29, 1.82) is 0 Å². The lowest BCUT2D eigenvalue weighted by atomic mass is 10.2. The lowest BCUT2D eigenvalue weighted by molar-refractivity contribution is 0.171. The molecule has 3 rings (SSSR count). The molecule has 0 unspecified atom stereocenters. The molecule has 0 bridgehead atoms. The zero-order chi connectivity index (χ0) is 14.7. The van der Waals surface area contributed by atoms with Crippen LogP contribution in [0.2, 0.25) is 0 Å². The van der Waals surface area contributed by atoms with E-state index in [0.717, 1.165) is 22.9 Å². The van der Waals surface area contributed by atoms with Crippen LogP contribution in [0.3, 0.4) is 0 Å². The normalized spacial score (nSPS) is 13.0. The molecule has 1 N–H and O–H groups in total. The summed E-state index contributed by atoms with van der Waals surface area (Å²) in [6, 6.07) is 5.93. The Morgan fingerprint density at radius 1 is 1.14 bits per heavy atom. The molecule has 0 atom stereocenters. The first kappa shape index (κ1) is 13.6. The van der Waals surface area contributed by atoms with Gasteiger partial charge in [-0.05, 0) is 17.7 Å². The van der Waals surface area contributed by atoms with Crippen LogP contribution in [-0.2, 0) is 13.2 Å². The second-order valence-corrected chi connectivity index (χ2v) is 4.86. The van der Waals surface area contributed by atoms with Gasteiger partial charge in [-0.25, -0.2) is 4.98 Å². The van der Waals surface area contributed by atoms with Gasteiger partial charge in [0.25, 0.3) is 0 Å². The average molecular weight is 287 g/mol. The second kappa shape index (κ2) is 5.97. The second-order valence-electron chi connectivity index (χ2n) is 4.86. The summed E-state index contributed by atoms with van der Waals surface area (Å²) in [5.41, 5.74) is 1.67. The van der Waals surface area contributed by atoms with Crippen molar-refractivity contribution in [2.24, 2.45) is 0 Å². The van der Waals surface area contributed by atoms with Gasteiger partial charge in [0.2, 0.25) is 0 Å². The number of hydrogen-bond donors (Lipinski definition) is 1. The van der Waals surface area contributed by atoms with E-state index in [0.29, 0.717) is 25.5 Å². The van der Waals surface area contributed by atoms with Gasteiger partial charge in [-0.3, -0.25) is 4.98 Å². The summed E-state index contributed by atoms with van der Waals surface area (Å²) in [6.45, 7) is 1.77. The van der Waals surface area contributed by atoms with Crippen LogP contribution < -0.4 is 14.4 Å². The molecule has 6 nitrogen and oxygen atoms in total. The molecular weight excluding hydrogens is 270 g/mol. The highest BCUT2D eigenvalue weighted by atomic mass is 16.6. The number of rotatable bonds is 4. The molecule has 0 saturated carbocycles. The molecule has 21 heavy (non-hydrogen) atoms. The van der Waals surface area contributed by atoms with Crippen LogP contribution in [0.25, 0.3) is 0 Å². The molecule has 1 aromatic carbocycles. The fourth-order valence-corrected chi connectivity index (χ4v) is 2.17. The quantitative estimate of drug-likeness (QED) is 0.916. The summed E-state index contributed by atoms with van der Waals surface area (Å²) in [5, 5.41) is 8.97. The molecule has 0 aliphatic carbocycles. The number of aromatic nitrogens is 2. The summed E-state index contributed by atoms with van der Waals surface area (Å²) in [7, 11) is 1.94. The number of benzene rings is 1. The molecule has 0 radical (unpaired) electrons. The van der Waals surface area contributed by atoms with Crippen molar-refractivity contribution in [1.82, 2.24) is 9.97 Å². The first-order chi connectivity index (χ1) is 10.3. The van der Waals surface area contributed by atoms with Gasteiger partial charge >= 0.3 is 0 Å². The topological polar surface area (TPSA) is 67.7 Å². The summed E-state index contributed by atoms with van der Waals surface area (Å²) in [4.78, 5) is 10.4. The number of nitrogens with zero attached hydrogens (tertiary/aromatic N) is 3. The SMILES string of the molecule is CN(Cc1ccc2c(c1)OCCO2)c1cnc(CO)cn1. The van der Waals surface area contributed by atoms with E-state index >= 15 is 0 Å². The van der Waals surface area contributed by atoms with E-state index in [4.69, 9.17) is 14.6 Å². The number of aliphatic hydroxyl groups is 1. The number of ether oxygens (including phenoxy) is 2. The van der Waals surface area contributed by atoms with Gasteiger partial charge in [-0.1, -0.05) is 6.07 Å². The summed E-state index contributed by atoms with van der Waals surface area (Å²) >= 11 is 0. The first-order valence-electron chi connectivity index (χ1n) is 6.77. The van der Waals surface area contributed by atoms with E-state index in [-0.39, 0.29) is 6.61 Å². The predicted molar refractivity (Wildman–Crippen MR) is 77.5 cm³/mol. The molecule has 1 aromatic heterocycles. The lowest BCUT2D eigenvalue weighted by Gasteiger charge is -2.21. The van der Waals surface area contributed by atoms with Gasteiger partial charge < -0.3 is 19.5 Å². The molecule has 0 saturated heterocycles. The van der Waals surface area contributed by atoms with Crippen molar-refractivity contribution >= 4 is 5.82 Å². The van der Waals surface area contributed by atoms with Crippen molar-refractivity contribution in [3.63, 3.8) is 0 Å². The highest BCUT2D eigenvalue weighted by molar-refractivity contribution is 5.45. The van der Waals surface area contributed by atoms with Crippen LogP contribution in [-0.4, -0.2) is 35.3 Å². The molecule has 0 fully saturated rings. The van der Waals surface area contributed by atoms with Gasteiger partial charge in [-0.2, -0.15) is 0 Å². The molecule has 1 aliphatic rings. The smallest absolute Gasteiger partial charge is 0.161 e. The number of anilines is 1. The maximum Gasteiger partial charge on any atom is 0.161 e. The molecule has 6 heteroatoms. The van der Waals surface area contributed by atoms with Crippen LogP contribution in [0, 0.1) is 0 Å². The van der Waals surface area contributed by atoms with Crippen LogP contribution in [0.4, 0.5) is 5.82 Å². The Morgan fingerprint density at radius 2 is 1.95 bits per heavy atom. The van der Waals surface area contributed by atoms with Crippen molar-refractivity contribution in [2.75, 3.05) is 25.2 Å². The van der Waals surface area contributed by atoms with E-state index < -0.39 is 0 Å². The van der Waals surface area contributed by atoms with Crippen molar-refractivity contribution in [3.8, 4) is 11.5 Å². The number of hydrogen-bond acceptors (Lipinski definition) is 6. The highest BCUT2D eigenvalue weighted by Crippen LogP contribution is 2.31. The maximum absolute atomic E-state index is 8.97. The van der Waals surface area contributed by atoms with E-state index in [1.54, 1.807) is 12.4 Å². The maximum atomic E-state index is 8.97. The molecule has 0 spiro atoms. The third-order valence-corrected chi connectivity index (χ3v) is 3.27. The van der Waals surface area contributed by atoms with Crippen molar-refractivity contribution in [3.05, 3.63) is 41.9 Å². The fourth-order valence-electron chi connectivity index (χ4n) is 2.17. The average Bonchev–Trinajstić information content (AvgIpc) is 2.55. The minimum atomic E-state index is -0.0981. The predicted octanol–water partition coefficient (Wildman–Crippen LogP) is 1.38. The lowest BCUT2D eigenvalue weighted by Crippen LogP contribution is -2.19. The Labute approximate surface area is 123 Å². The molecular formula is C15H17N3O3. The minimum Gasteiger partial charge on any atom is -0.486 e. The Hall–Kier alpha value is -2.34. The van der Waals surface area contributed by atoms with Crippen LogP contribution in [0.1, 0.15) is 11.3 Å². The van der Waals surface area contributed by atoms with Crippen LogP contribution >= 0.6 is 0 Å². The Balaban J connectivity index is 1.72. The zero-order valence-electron chi connectivity index (χ0n) is 11.8. The fraction of sp³-hybridized carbons (Fsp3) is 0.333. The van der Waals surface area contributed by atoms with Crippen LogP contribution in [0.5, 0.6) is 11.5 Å². The van der Waals surface area contributed by atoms with E-state index in [2.05, 4.69) is 9.97 Å². The summed E-state index contributed by atoms with van der Waals surface area (Å²) in [5.74, 6) is 2.33. The molecule has 2 aromatic rings. The standard InChI is InChI=1S/C15H17N3O3/c1-18(15-8-16-12(10-19)7-17-15)9-11-2-3-13-14(6-11)21-5-4-20-13/h2-3,6-8,19H,4-5,9-10H2,1H3. The Morgan fingerprint density at radius 3 is 2.67 bits per heavy atom. The van der Waals surface area contributed by atoms with Gasteiger partial charge in [0, 0.05) is 13.6 Å². The van der Waals surface area contributed by atoms with Gasteiger partial charge in [0.1, 0.15) is 19.0 Å². The number of aliphatic hydroxyl groups excluding tert-OH is 1. The van der Waals surface area contributed by atoms with Crippen molar-refractivity contribution < 1.29 is 14.6 Å². The minimum absolute atomic E-state index is 0.0981. The molecule has 0 amide bonds. The number of fused-ring (bicyclic) bond motifs is 1. The van der Waals surface area contributed by atoms with E-state index in [1.165, 1.54) is 0 Å².